The first-order chi connectivity index (χ1) is 13.3. The SMILES string of the molecule is CCN(c1cccc(C)c1)S(=O)(=O)c1cc2c(cc1Br)CCN2C(=O)C1CC1. The highest BCUT2D eigenvalue weighted by Crippen LogP contribution is 2.40. The van der Waals surface area contributed by atoms with Crippen LogP contribution in [-0.4, -0.2) is 27.4 Å². The molecule has 1 fully saturated rings. The summed E-state index contributed by atoms with van der Waals surface area (Å²) in [6.45, 7) is 4.71. The van der Waals surface area contributed by atoms with Gasteiger partial charge in [-0.05, 0) is 84.4 Å². The molecule has 1 amide bonds. The van der Waals surface area contributed by atoms with E-state index in [9.17, 15) is 13.2 Å². The van der Waals surface area contributed by atoms with E-state index >= 15 is 0 Å². The number of anilines is 2. The quantitative estimate of drug-likeness (QED) is 0.666. The first-order valence-corrected chi connectivity index (χ1v) is 11.8. The molecule has 0 N–H and O–H groups in total. The largest absolute Gasteiger partial charge is 0.312 e. The number of rotatable bonds is 5. The van der Waals surface area contributed by atoms with Crippen LogP contribution in [0.5, 0.6) is 0 Å². The number of amides is 1. The van der Waals surface area contributed by atoms with E-state index in [1.807, 2.05) is 38.1 Å². The second kappa shape index (κ2) is 7.19. The zero-order valence-corrected chi connectivity index (χ0v) is 18.4. The van der Waals surface area contributed by atoms with Gasteiger partial charge in [0.15, 0.2) is 0 Å². The van der Waals surface area contributed by atoms with Crippen LogP contribution in [0.15, 0.2) is 45.8 Å². The molecular weight excluding hydrogens is 440 g/mol. The lowest BCUT2D eigenvalue weighted by Gasteiger charge is -2.25. The molecule has 1 aliphatic carbocycles. The summed E-state index contributed by atoms with van der Waals surface area (Å²) in [5.41, 5.74) is 3.39. The summed E-state index contributed by atoms with van der Waals surface area (Å²) >= 11 is 3.46. The van der Waals surface area contributed by atoms with E-state index in [0.29, 0.717) is 23.2 Å². The fourth-order valence-electron chi connectivity index (χ4n) is 3.76. The van der Waals surface area contributed by atoms with E-state index in [2.05, 4.69) is 15.9 Å². The van der Waals surface area contributed by atoms with Gasteiger partial charge in [0.25, 0.3) is 10.0 Å². The topological polar surface area (TPSA) is 57.7 Å². The molecule has 1 saturated carbocycles. The van der Waals surface area contributed by atoms with Crippen molar-refractivity contribution < 1.29 is 13.2 Å². The van der Waals surface area contributed by atoms with Crippen LogP contribution in [0.1, 0.15) is 30.9 Å². The fraction of sp³-hybridized carbons (Fsp3) is 0.381. The highest BCUT2D eigenvalue weighted by molar-refractivity contribution is 9.10. The summed E-state index contributed by atoms with van der Waals surface area (Å²) in [6.07, 6.45) is 2.62. The second-order valence-electron chi connectivity index (χ2n) is 7.43. The van der Waals surface area contributed by atoms with Crippen molar-refractivity contribution in [2.75, 3.05) is 22.3 Å². The number of hydrogen-bond acceptors (Lipinski definition) is 3. The number of nitrogens with zero attached hydrogens (tertiary/aromatic N) is 2. The Morgan fingerprint density at radius 2 is 2.00 bits per heavy atom. The van der Waals surface area contributed by atoms with Gasteiger partial charge < -0.3 is 4.90 Å². The predicted octanol–water partition coefficient (Wildman–Crippen LogP) is 4.27. The second-order valence-corrected chi connectivity index (χ2v) is 10.1. The molecule has 0 saturated heterocycles. The van der Waals surface area contributed by atoms with Crippen molar-refractivity contribution in [1.29, 1.82) is 0 Å². The number of aryl methyl sites for hydroxylation is 1. The van der Waals surface area contributed by atoms with Crippen molar-refractivity contribution in [2.45, 2.75) is 38.0 Å². The van der Waals surface area contributed by atoms with E-state index in [4.69, 9.17) is 0 Å². The number of carbonyl (C=O) groups is 1. The third-order valence-electron chi connectivity index (χ3n) is 5.37. The molecule has 1 heterocycles. The van der Waals surface area contributed by atoms with Gasteiger partial charge in [0, 0.05) is 29.2 Å². The van der Waals surface area contributed by atoms with Crippen molar-refractivity contribution in [2.24, 2.45) is 5.92 Å². The number of fused-ring (bicyclic) bond motifs is 1. The van der Waals surface area contributed by atoms with Gasteiger partial charge in [0.2, 0.25) is 5.91 Å². The van der Waals surface area contributed by atoms with Gasteiger partial charge in [-0.15, -0.1) is 0 Å². The first-order valence-electron chi connectivity index (χ1n) is 9.56. The molecule has 0 atom stereocenters. The molecular formula is C21H23BrN2O3S. The number of hydrogen-bond donors (Lipinski definition) is 0. The summed E-state index contributed by atoms with van der Waals surface area (Å²) in [6, 6.07) is 11.0. The van der Waals surface area contributed by atoms with Gasteiger partial charge in [-0.1, -0.05) is 12.1 Å². The average molecular weight is 463 g/mol. The summed E-state index contributed by atoms with van der Waals surface area (Å²) in [4.78, 5) is 14.6. The molecule has 5 nitrogen and oxygen atoms in total. The lowest BCUT2D eigenvalue weighted by Crippen LogP contribution is -2.32. The first kappa shape index (κ1) is 19.5. The van der Waals surface area contributed by atoms with Crippen LogP contribution >= 0.6 is 15.9 Å². The van der Waals surface area contributed by atoms with Gasteiger partial charge in [-0.3, -0.25) is 9.10 Å². The summed E-state index contributed by atoms with van der Waals surface area (Å²) in [5, 5.41) is 0. The minimum absolute atomic E-state index is 0.106. The Hall–Kier alpha value is -1.86. The zero-order valence-electron chi connectivity index (χ0n) is 16.0. The maximum Gasteiger partial charge on any atom is 0.265 e. The zero-order chi connectivity index (χ0) is 20.1. The molecule has 1 aliphatic heterocycles. The summed E-state index contributed by atoms with van der Waals surface area (Å²) in [5.74, 6) is 0.226. The highest BCUT2D eigenvalue weighted by atomic mass is 79.9. The van der Waals surface area contributed by atoms with Crippen LogP contribution in [0.25, 0.3) is 0 Å². The van der Waals surface area contributed by atoms with Crippen LogP contribution < -0.4 is 9.21 Å². The smallest absolute Gasteiger partial charge is 0.265 e. The van der Waals surface area contributed by atoms with Gasteiger partial charge in [-0.25, -0.2) is 8.42 Å². The van der Waals surface area contributed by atoms with E-state index in [-0.39, 0.29) is 16.7 Å². The Bertz CT molecular complexity index is 1050. The molecule has 4 rings (SSSR count). The average Bonchev–Trinajstić information content (AvgIpc) is 3.41. The summed E-state index contributed by atoms with van der Waals surface area (Å²) < 4.78 is 29.0. The third-order valence-corrected chi connectivity index (χ3v) is 8.23. The van der Waals surface area contributed by atoms with Crippen molar-refractivity contribution in [3.8, 4) is 0 Å². The molecule has 0 aromatic heterocycles. The van der Waals surface area contributed by atoms with Crippen molar-refractivity contribution in [1.82, 2.24) is 0 Å². The third kappa shape index (κ3) is 3.35. The standard InChI is InChI=1S/C21H23BrN2O3S/c1-3-24(17-6-4-5-14(2)11-17)28(26,27)20-13-19-16(12-18(20)22)9-10-23(19)21(25)15-7-8-15/h4-6,11-13,15H,3,7-10H2,1-2H3. The van der Waals surface area contributed by atoms with E-state index in [0.717, 1.165) is 36.1 Å². The Labute approximate surface area is 174 Å². The lowest BCUT2D eigenvalue weighted by molar-refractivity contribution is -0.119. The molecule has 0 unspecified atom stereocenters. The molecule has 0 bridgehead atoms. The van der Waals surface area contributed by atoms with Crippen LogP contribution in [0.4, 0.5) is 11.4 Å². The van der Waals surface area contributed by atoms with Crippen molar-refractivity contribution in [3.05, 3.63) is 52.0 Å². The van der Waals surface area contributed by atoms with E-state index in [1.165, 1.54) is 4.31 Å². The van der Waals surface area contributed by atoms with Crippen molar-refractivity contribution >= 4 is 43.2 Å². The van der Waals surface area contributed by atoms with Gasteiger partial charge in [0.1, 0.15) is 4.90 Å². The normalized spacial score (nSPS) is 16.2. The number of carbonyl (C=O) groups excluding carboxylic acids is 1. The van der Waals surface area contributed by atoms with E-state index in [1.54, 1.807) is 17.0 Å². The van der Waals surface area contributed by atoms with Gasteiger partial charge >= 0.3 is 0 Å². The van der Waals surface area contributed by atoms with Crippen LogP contribution in [0, 0.1) is 12.8 Å². The van der Waals surface area contributed by atoms with Crippen LogP contribution in [-0.2, 0) is 21.2 Å². The number of sulfonamides is 1. The maximum atomic E-state index is 13.5. The Kier molecular flexibility index (Phi) is 5.00. The number of benzene rings is 2. The minimum atomic E-state index is -3.78. The molecule has 28 heavy (non-hydrogen) atoms. The Balaban J connectivity index is 1.77. The molecule has 7 heteroatoms. The van der Waals surface area contributed by atoms with Gasteiger partial charge in [-0.2, -0.15) is 0 Å². The molecule has 148 valence electrons. The predicted molar refractivity (Wildman–Crippen MR) is 114 cm³/mol. The fourth-order valence-corrected chi connectivity index (χ4v) is 6.30. The van der Waals surface area contributed by atoms with Crippen molar-refractivity contribution in [3.63, 3.8) is 0 Å². The van der Waals surface area contributed by atoms with E-state index < -0.39 is 10.0 Å². The molecule has 2 aromatic rings. The Morgan fingerprint density at radius 1 is 1.25 bits per heavy atom. The minimum Gasteiger partial charge on any atom is -0.312 e. The summed E-state index contributed by atoms with van der Waals surface area (Å²) in [7, 11) is -3.78. The highest BCUT2D eigenvalue weighted by Gasteiger charge is 2.38. The molecule has 2 aliphatic rings. The molecule has 2 aromatic carbocycles. The molecule has 0 radical (unpaired) electrons. The van der Waals surface area contributed by atoms with Crippen LogP contribution in [0.2, 0.25) is 0 Å². The molecule has 0 spiro atoms. The maximum absolute atomic E-state index is 13.5. The monoisotopic (exact) mass is 462 g/mol. The van der Waals surface area contributed by atoms with Gasteiger partial charge in [0.05, 0.1) is 5.69 Å². The van der Waals surface area contributed by atoms with Crippen LogP contribution in [0.3, 0.4) is 0 Å². The lowest BCUT2D eigenvalue weighted by atomic mass is 10.2. The Morgan fingerprint density at radius 3 is 2.64 bits per heavy atom. The number of halogens is 1.